The minimum atomic E-state index is -2.87. The number of carbonyl (C=O) groups excluding carboxylic acids is 1. The Balaban J connectivity index is 1.43. The van der Waals surface area contributed by atoms with Crippen molar-refractivity contribution in [2.45, 2.75) is 19.4 Å². The van der Waals surface area contributed by atoms with Gasteiger partial charge < -0.3 is 4.90 Å². The van der Waals surface area contributed by atoms with Gasteiger partial charge in [-0.3, -0.25) is 9.69 Å². The summed E-state index contributed by atoms with van der Waals surface area (Å²) in [7, 11) is -2.87. The fraction of sp³-hybridized carbons (Fsp3) is 0.450. The Morgan fingerprint density at radius 1 is 1.07 bits per heavy atom. The Labute approximate surface area is 164 Å². The highest BCUT2D eigenvalue weighted by Crippen LogP contribution is 2.30. The van der Waals surface area contributed by atoms with Gasteiger partial charge in [-0.05, 0) is 30.4 Å². The first-order valence-electron chi connectivity index (χ1n) is 9.31. The molecule has 0 saturated carbocycles. The van der Waals surface area contributed by atoms with E-state index < -0.39 is 9.84 Å². The van der Waals surface area contributed by atoms with E-state index in [-0.39, 0.29) is 17.7 Å². The topological polar surface area (TPSA) is 57.7 Å². The van der Waals surface area contributed by atoms with Gasteiger partial charge in [0.2, 0.25) is 0 Å². The number of carbonyl (C=O) groups is 1. The van der Waals surface area contributed by atoms with Crippen LogP contribution in [-0.4, -0.2) is 67.9 Å². The predicted molar refractivity (Wildman–Crippen MR) is 109 cm³/mol. The summed E-state index contributed by atoms with van der Waals surface area (Å²) in [6.45, 7) is 4.86. The van der Waals surface area contributed by atoms with Crippen LogP contribution in [0.4, 0.5) is 0 Å². The quantitative estimate of drug-likeness (QED) is 0.789. The lowest BCUT2D eigenvalue weighted by Gasteiger charge is -2.37. The summed E-state index contributed by atoms with van der Waals surface area (Å²) in [4.78, 5) is 18.0. The van der Waals surface area contributed by atoms with Crippen LogP contribution in [0.3, 0.4) is 0 Å². The summed E-state index contributed by atoms with van der Waals surface area (Å²) >= 11 is 1.49. The Bertz CT molecular complexity index is 926. The summed E-state index contributed by atoms with van der Waals surface area (Å²) in [5.41, 5.74) is 3.27. The van der Waals surface area contributed by atoms with E-state index in [0.717, 1.165) is 35.5 Å². The SMILES string of the molecule is Cc1ccc(-c2ccsc2C(=O)N2CCN([C@@H]3CCS(=O)(=O)C3)CC2)cc1. The first-order valence-corrected chi connectivity index (χ1v) is 12.0. The fourth-order valence-corrected chi connectivity index (χ4v) is 6.58. The third-order valence-corrected chi connectivity index (χ3v) is 8.20. The number of amides is 1. The van der Waals surface area contributed by atoms with Gasteiger partial charge in [-0.25, -0.2) is 8.42 Å². The van der Waals surface area contributed by atoms with E-state index in [0.29, 0.717) is 18.8 Å². The molecular weight excluding hydrogens is 380 g/mol. The monoisotopic (exact) mass is 404 g/mol. The molecule has 2 saturated heterocycles. The van der Waals surface area contributed by atoms with Gasteiger partial charge in [-0.2, -0.15) is 0 Å². The van der Waals surface area contributed by atoms with Crippen LogP contribution in [0, 0.1) is 6.92 Å². The van der Waals surface area contributed by atoms with Gasteiger partial charge in [-0.1, -0.05) is 29.8 Å². The number of sulfone groups is 1. The van der Waals surface area contributed by atoms with Crippen molar-refractivity contribution in [1.29, 1.82) is 0 Å². The minimum Gasteiger partial charge on any atom is -0.335 e. The van der Waals surface area contributed by atoms with E-state index in [4.69, 9.17) is 0 Å². The fourth-order valence-electron chi connectivity index (χ4n) is 3.93. The Morgan fingerprint density at radius 3 is 2.41 bits per heavy atom. The Morgan fingerprint density at radius 2 is 1.78 bits per heavy atom. The number of hydrogen-bond donors (Lipinski definition) is 0. The first kappa shape index (κ1) is 18.7. The van der Waals surface area contributed by atoms with Crippen LogP contribution in [0.15, 0.2) is 35.7 Å². The minimum absolute atomic E-state index is 0.0827. The van der Waals surface area contributed by atoms with Crippen LogP contribution in [-0.2, 0) is 9.84 Å². The Hall–Kier alpha value is -1.70. The van der Waals surface area contributed by atoms with Gasteiger partial charge in [0.1, 0.15) is 0 Å². The molecule has 1 aromatic heterocycles. The highest BCUT2D eigenvalue weighted by Gasteiger charge is 2.34. The molecule has 0 spiro atoms. The van der Waals surface area contributed by atoms with Gasteiger partial charge in [0.05, 0.1) is 16.4 Å². The number of rotatable bonds is 3. The number of piperazine rings is 1. The predicted octanol–water partition coefficient (Wildman–Crippen LogP) is 2.67. The smallest absolute Gasteiger partial charge is 0.264 e. The molecular formula is C20H24N2O3S2. The van der Waals surface area contributed by atoms with E-state index in [1.54, 1.807) is 0 Å². The van der Waals surface area contributed by atoms with Crippen LogP contribution < -0.4 is 0 Å². The molecule has 27 heavy (non-hydrogen) atoms. The molecule has 0 N–H and O–H groups in total. The van der Waals surface area contributed by atoms with E-state index in [1.165, 1.54) is 16.9 Å². The lowest BCUT2D eigenvalue weighted by Crippen LogP contribution is -2.52. The van der Waals surface area contributed by atoms with Crippen molar-refractivity contribution < 1.29 is 13.2 Å². The highest BCUT2D eigenvalue weighted by atomic mass is 32.2. The standard InChI is InChI=1S/C20H24N2O3S2/c1-15-2-4-16(5-3-15)18-6-12-26-19(18)20(23)22-10-8-21(9-11-22)17-7-13-27(24,25)14-17/h2-6,12,17H,7-11,13-14H2,1H3/t17-/m1/s1. The number of thiophene rings is 1. The summed E-state index contributed by atoms with van der Waals surface area (Å²) in [5.74, 6) is 0.647. The zero-order chi connectivity index (χ0) is 19.0. The zero-order valence-electron chi connectivity index (χ0n) is 15.4. The summed E-state index contributed by atoms with van der Waals surface area (Å²) in [5, 5.41) is 1.97. The van der Waals surface area contributed by atoms with Crippen molar-refractivity contribution in [1.82, 2.24) is 9.80 Å². The molecule has 2 aliphatic rings. The molecule has 3 heterocycles. The second-order valence-electron chi connectivity index (χ2n) is 7.41. The second-order valence-corrected chi connectivity index (χ2v) is 10.6. The molecule has 0 unspecified atom stereocenters. The lowest BCUT2D eigenvalue weighted by molar-refractivity contribution is 0.0593. The van der Waals surface area contributed by atoms with E-state index >= 15 is 0 Å². The molecule has 1 aromatic carbocycles. The summed E-state index contributed by atoms with van der Waals surface area (Å²) in [6, 6.07) is 10.4. The highest BCUT2D eigenvalue weighted by molar-refractivity contribution is 7.91. The van der Waals surface area contributed by atoms with Crippen LogP contribution in [0.25, 0.3) is 11.1 Å². The molecule has 1 atom stereocenters. The van der Waals surface area contributed by atoms with Crippen molar-refractivity contribution in [3.63, 3.8) is 0 Å². The molecule has 144 valence electrons. The normalized spacial score (nSPS) is 22.9. The molecule has 5 nitrogen and oxygen atoms in total. The van der Waals surface area contributed by atoms with Crippen molar-refractivity contribution >= 4 is 27.1 Å². The lowest BCUT2D eigenvalue weighted by atomic mass is 10.0. The van der Waals surface area contributed by atoms with E-state index in [9.17, 15) is 13.2 Å². The molecule has 0 radical (unpaired) electrons. The average Bonchev–Trinajstić information content (AvgIpc) is 3.28. The molecule has 1 amide bonds. The average molecular weight is 405 g/mol. The largest absolute Gasteiger partial charge is 0.335 e. The molecule has 2 fully saturated rings. The first-order chi connectivity index (χ1) is 12.9. The maximum atomic E-state index is 13.1. The molecule has 0 aliphatic carbocycles. The maximum absolute atomic E-state index is 13.1. The third-order valence-electron chi connectivity index (χ3n) is 5.55. The van der Waals surface area contributed by atoms with Crippen molar-refractivity contribution in [2.24, 2.45) is 0 Å². The summed E-state index contributed by atoms with van der Waals surface area (Å²) < 4.78 is 23.4. The van der Waals surface area contributed by atoms with Crippen LogP contribution in [0.2, 0.25) is 0 Å². The van der Waals surface area contributed by atoms with Crippen molar-refractivity contribution in [2.75, 3.05) is 37.7 Å². The number of nitrogens with zero attached hydrogens (tertiary/aromatic N) is 2. The van der Waals surface area contributed by atoms with Gasteiger partial charge in [-0.15, -0.1) is 11.3 Å². The molecule has 0 bridgehead atoms. The molecule has 2 aromatic rings. The van der Waals surface area contributed by atoms with Gasteiger partial charge >= 0.3 is 0 Å². The van der Waals surface area contributed by atoms with E-state index in [2.05, 4.69) is 36.1 Å². The number of benzene rings is 1. The van der Waals surface area contributed by atoms with Crippen LogP contribution in [0.5, 0.6) is 0 Å². The van der Waals surface area contributed by atoms with E-state index in [1.807, 2.05) is 16.3 Å². The molecule has 4 rings (SSSR count). The van der Waals surface area contributed by atoms with Crippen LogP contribution >= 0.6 is 11.3 Å². The second kappa shape index (κ2) is 7.37. The maximum Gasteiger partial charge on any atom is 0.264 e. The molecule has 2 aliphatic heterocycles. The van der Waals surface area contributed by atoms with Gasteiger partial charge in [0, 0.05) is 37.8 Å². The van der Waals surface area contributed by atoms with Gasteiger partial charge in [0.25, 0.3) is 5.91 Å². The number of aryl methyl sites for hydroxylation is 1. The van der Waals surface area contributed by atoms with Gasteiger partial charge in [0.15, 0.2) is 9.84 Å². The Kier molecular flexibility index (Phi) is 5.09. The summed E-state index contributed by atoms with van der Waals surface area (Å²) in [6.07, 6.45) is 0.721. The molecule has 7 heteroatoms. The van der Waals surface area contributed by atoms with Crippen molar-refractivity contribution in [3.8, 4) is 11.1 Å². The zero-order valence-corrected chi connectivity index (χ0v) is 17.1. The van der Waals surface area contributed by atoms with Crippen molar-refractivity contribution in [3.05, 3.63) is 46.2 Å². The van der Waals surface area contributed by atoms with Crippen LogP contribution in [0.1, 0.15) is 21.7 Å². The number of hydrogen-bond acceptors (Lipinski definition) is 5. The third kappa shape index (κ3) is 3.95.